The molecule has 5 heteroatoms. The Hall–Kier alpha value is 0.597. The Morgan fingerprint density at radius 3 is 2.25 bits per heavy atom. The van der Waals surface area contributed by atoms with Crippen LogP contribution in [0.1, 0.15) is 5.56 Å². The minimum atomic E-state index is 0.291. The van der Waals surface area contributed by atoms with Crippen molar-refractivity contribution in [3.05, 3.63) is 26.7 Å². The van der Waals surface area contributed by atoms with Crippen molar-refractivity contribution in [2.24, 2.45) is 0 Å². The van der Waals surface area contributed by atoms with Gasteiger partial charge in [-0.3, -0.25) is 0 Å². The quantitative estimate of drug-likeness (QED) is 0.413. The molecule has 1 aromatic rings. The SMILES string of the molecule is [SiH3]c1cc(Cl)c(CCl)c(Cl)c1Cl. The summed E-state index contributed by atoms with van der Waals surface area (Å²) in [5.41, 5.74) is 0.713. The lowest BCUT2D eigenvalue weighted by molar-refractivity contribution is 1.41. The normalized spacial score (nSPS) is 10.7. The van der Waals surface area contributed by atoms with Gasteiger partial charge < -0.3 is 0 Å². The molecule has 0 nitrogen and oxygen atoms in total. The second kappa shape index (κ2) is 4.21. The van der Waals surface area contributed by atoms with Gasteiger partial charge in [-0.15, -0.1) is 11.6 Å². The molecule has 0 saturated heterocycles. The zero-order chi connectivity index (χ0) is 9.30. The van der Waals surface area contributed by atoms with Crippen molar-refractivity contribution in [2.45, 2.75) is 5.88 Å². The third-order valence-corrected chi connectivity index (χ3v) is 4.28. The molecule has 0 aliphatic carbocycles. The molecular formula is C7H6Cl4Si. The Morgan fingerprint density at radius 2 is 1.75 bits per heavy atom. The third-order valence-electron chi connectivity index (χ3n) is 1.57. The van der Waals surface area contributed by atoms with E-state index in [0.717, 1.165) is 15.4 Å². The molecule has 0 bridgehead atoms. The minimum Gasteiger partial charge on any atom is -0.121 e. The van der Waals surface area contributed by atoms with E-state index in [2.05, 4.69) is 0 Å². The second-order valence-electron chi connectivity index (χ2n) is 2.42. The van der Waals surface area contributed by atoms with Gasteiger partial charge in [-0.25, -0.2) is 0 Å². The van der Waals surface area contributed by atoms with Gasteiger partial charge in [-0.2, -0.15) is 0 Å². The summed E-state index contributed by atoms with van der Waals surface area (Å²) in [7, 11) is 0.830. The summed E-state index contributed by atoms with van der Waals surface area (Å²) in [5.74, 6) is 0.291. The van der Waals surface area contributed by atoms with Gasteiger partial charge in [0.1, 0.15) is 0 Å². The van der Waals surface area contributed by atoms with Crippen LogP contribution in [0.3, 0.4) is 0 Å². The van der Waals surface area contributed by atoms with Crippen LogP contribution in [-0.4, -0.2) is 10.2 Å². The molecule has 0 aliphatic rings. The molecule has 0 N–H and O–H groups in total. The zero-order valence-electron chi connectivity index (χ0n) is 6.30. The average Bonchev–Trinajstić information content (AvgIpc) is 2.01. The first kappa shape index (κ1) is 10.7. The summed E-state index contributed by atoms with van der Waals surface area (Å²) >= 11 is 23.4. The highest BCUT2D eigenvalue weighted by atomic mass is 35.5. The third kappa shape index (κ3) is 1.91. The van der Waals surface area contributed by atoms with E-state index < -0.39 is 0 Å². The number of halogens is 4. The lowest BCUT2D eigenvalue weighted by Gasteiger charge is -2.07. The number of hydrogen-bond donors (Lipinski definition) is 0. The highest BCUT2D eigenvalue weighted by Gasteiger charge is 2.10. The van der Waals surface area contributed by atoms with Gasteiger partial charge in [0.2, 0.25) is 0 Å². The Labute approximate surface area is 94.2 Å². The molecular weight excluding hydrogens is 254 g/mol. The molecule has 0 spiro atoms. The maximum Gasteiger partial charge on any atom is 0.0649 e. The molecule has 0 heterocycles. The first-order chi connectivity index (χ1) is 5.57. The fourth-order valence-electron chi connectivity index (χ4n) is 0.873. The predicted octanol–water partition coefficient (Wildman–Crippen LogP) is 2.38. The van der Waals surface area contributed by atoms with Crippen LogP contribution in [0.5, 0.6) is 0 Å². The molecule has 0 aromatic heterocycles. The molecule has 0 unspecified atom stereocenters. The summed E-state index contributed by atoms with van der Waals surface area (Å²) in [4.78, 5) is 0. The van der Waals surface area contributed by atoms with Gasteiger partial charge in [0.05, 0.1) is 15.9 Å². The van der Waals surface area contributed by atoms with E-state index in [0.29, 0.717) is 26.5 Å². The summed E-state index contributed by atoms with van der Waals surface area (Å²) in [6.07, 6.45) is 0. The van der Waals surface area contributed by atoms with Gasteiger partial charge >= 0.3 is 0 Å². The molecule has 66 valence electrons. The highest BCUT2D eigenvalue weighted by molar-refractivity contribution is 6.52. The summed E-state index contributed by atoms with van der Waals surface area (Å²) in [6, 6.07) is 1.82. The first-order valence-electron chi connectivity index (χ1n) is 3.27. The number of hydrogen-bond acceptors (Lipinski definition) is 0. The van der Waals surface area contributed by atoms with Crippen LogP contribution in [0.15, 0.2) is 6.07 Å². The van der Waals surface area contributed by atoms with Crippen molar-refractivity contribution in [3.8, 4) is 0 Å². The maximum atomic E-state index is 5.93. The minimum absolute atomic E-state index is 0.291. The zero-order valence-corrected chi connectivity index (χ0v) is 11.3. The molecule has 12 heavy (non-hydrogen) atoms. The summed E-state index contributed by atoms with van der Waals surface area (Å²) in [6.45, 7) is 0. The van der Waals surface area contributed by atoms with Gasteiger partial charge in [0.15, 0.2) is 0 Å². The van der Waals surface area contributed by atoms with E-state index in [1.54, 1.807) is 0 Å². The molecule has 1 rings (SSSR count). The van der Waals surface area contributed by atoms with E-state index in [-0.39, 0.29) is 0 Å². The van der Waals surface area contributed by atoms with Crippen molar-refractivity contribution >= 4 is 61.8 Å². The number of benzene rings is 1. The Kier molecular flexibility index (Phi) is 3.74. The predicted molar refractivity (Wildman–Crippen MR) is 60.6 cm³/mol. The van der Waals surface area contributed by atoms with E-state index in [9.17, 15) is 0 Å². The Morgan fingerprint density at radius 1 is 1.17 bits per heavy atom. The van der Waals surface area contributed by atoms with Crippen molar-refractivity contribution < 1.29 is 0 Å². The van der Waals surface area contributed by atoms with E-state index in [1.165, 1.54) is 0 Å². The molecule has 0 radical (unpaired) electrons. The van der Waals surface area contributed by atoms with Gasteiger partial charge in [0.25, 0.3) is 0 Å². The average molecular weight is 260 g/mol. The fourth-order valence-corrected chi connectivity index (χ4v) is 3.03. The smallest absolute Gasteiger partial charge is 0.0649 e. The highest BCUT2D eigenvalue weighted by Crippen LogP contribution is 2.30. The monoisotopic (exact) mass is 258 g/mol. The first-order valence-corrected chi connectivity index (χ1v) is 5.93. The van der Waals surface area contributed by atoms with E-state index in [1.807, 2.05) is 6.07 Å². The standard InChI is InChI=1S/C7H6Cl4Si/c8-2-3-4(9)1-5(12)7(11)6(3)10/h1H,2H2,12H3. The largest absolute Gasteiger partial charge is 0.121 e. The van der Waals surface area contributed by atoms with Crippen molar-refractivity contribution in [3.63, 3.8) is 0 Å². The van der Waals surface area contributed by atoms with Gasteiger partial charge in [0, 0.05) is 20.8 Å². The molecule has 0 atom stereocenters. The molecule has 0 saturated carbocycles. The van der Waals surface area contributed by atoms with Crippen molar-refractivity contribution in [1.82, 2.24) is 0 Å². The summed E-state index contributed by atoms with van der Waals surface area (Å²) < 4.78 is 0. The summed E-state index contributed by atoms with van der Waals surface area (Å²) in [5, 5.41) is 2.68. The van der Waals surface area contributed by atoms with Crippen LogP contribution < -0.4 is 5.19 Å². The lowest BCUT2D eigenvalue weighted by atomic mass is 10.2. The van der Waals surface area contributed by atoms with Gasteiger partial charge in [-0.1, -0.05) is 34.8 Å². The molecule has 0 amide bonds. The fraction of sp³-hybridized carbons (Fsp3) is 0.143. The number of rotatable bonds is 1. The van der Waals surface area contributed by atoms with E-state index in [4.69, 9.17) is 46.4 Å². The van der Waals surface area contributed by atoms with Crippen LogP contribution in [0, 0.1) is 0 Å². The van der Waals surface area contributed by atoms with Crippen molar-refractivity contribution in [1.29, 1.82) is 0 Å². The Bertz CT molecular complexity index is 311. The van der Waals surface area contributed by atoms with Crippen LogP contribution >= 0.6 is 46.4 Å². The number of alkyl halides is 1. The topological polar surface area (TPSA) is 0 Å². The van der Waals surface area contributed by atoms with Crippen molar-refractivity contribution in [2.75, 3.05) is 0 Å². The van der Waals surface area contributed by atoms with Crippen LogP contribution in [0.2, 0.25) is 15.1 Å². The maximum absolute atomic E-state index is 5.93. The second-order valence-corrected chi connectivity index (χ2v) is 4.92. The van der Waals surface area contributed by atoms with Crippen LogP contribution in [-0.2, 0) is 5.88 Å². The molecule has 0 aliphatic heterocycles. The molecule has 0 fully saturated rings. The van der Waals surface area contributed by atoms with Gasteiger partial charge in [-0.05, 0) is 11.3 Å². The lowest BCUT2D eigenvalue weighted by Crippen LogP contribution is -2.06. The van der Waals surface area contributed by atoms with Crippen LogP contribution in [0.25, 0.3) is 0 Å². The van der Waals surface area contributed by atoms with E-state index >= 15 is 0 Å². The Balaban J connectivity index is 3.40. The van der Waals surface area contributed by atoms with Crippen LogP contribution in [0.4, 0.5) is 0 Å². The molecule has 1 aromatic carbocycles.